The van der Waals surface area contributed by atoms with E-state index in [2.05, 4.69) is 5.32 Å². The summed E-state index contributed by atoms with van der Waals surface area (Å²) in [7, 11) is 2.82. The van der Waals surface area contributed by atoms with Crippen molar-refractivity contribution in [2.24, 2.45) is 0 Å². The van der Waals surface area contributed by atoms with Crippen LogP contribution in [0.4, 0.5) is 5.69 Å². The first-order valence-electron chi connectivity index (χ1n) is 6.98. The van der Waals surface area contributed by atoms with Crippen molar-refractivity contribution >= 4 is 17.6 Å². The number of carbonyl (C=O) groups excluding carboxylic acids is 1. The largest absolute Gasteiger partial charge is 0.493 e. The van der Waals surface area contributed by atoms with Crippen LogP contribution in [0, 0.1) is 0 Å². The summed E-state index contributed by atoms with van der Waals surface area (Å²) in [5.74, 6) is -0.924. The zero-order chi connectivity index (χ0) is 16.1. The van der Waals surface area contributed by atoms with Crippen molar-refractivity contribution in [3.05, 3.63) is 17.7 Å². The molecule has 1 heterocycles. The molecule has 120 valence electrons. The molecule has 1 fully saturated rings. The van der Waals surface area contributed by atoms with Crippen molar-refractivity contribution in [2.45, 2.75) is 25.4 Å². The molecule has 2 rings (SSSR count). The van der Waals surface area contributed by atoms with E-state index in [-0.39, 0.29) is 28.7 Å². The third-order valence-electron chi connectivity index (χ3n) is 3.46. The van der Waals surface area contributed by atoms with Gasteiger partial charge in [-0.25, -0.2) is 4.79 Å². The third-order valence-corrected chi connectivity index (χ3v) is 3.46. The fourth-order valence-electron chi connectivity index (χ4n) is 2.34. The average molecular weight is 309 g/mol. The number of benzene rings is 1. The van der Waals surface area contributed by atoms with E-state index in [4.69, 9.17) is 19.3 Å². The molecule has 0 radical (unpaired) electrons. The number of carboxylic acids is 1. The maximum Gasteiger partial charge on any atom is 0.335 e. The Morgan fingerprint density at radius 1 is 1.27 bits per heavy atom. The van der Waals surface area contributed by atoms with E-state index in [1.807, 2.05) is 0 Å². The van der Waals surface area contributed by atoms with Gasteiger partial charge in [0.1, 0.15) is 6.10 Å². The van der Waals surface area contributed by atoms with Gasteiger partial charge in [-0.3, -0.25) is 4.79 Å². The molecule has 0 aromatic heterocycles. The van der Waals surface area contributed by atoms with Crippen LogP contribution in [0.15, 0.2) is 12.1 Å². The number of ether oxygens (including phenoxy) is 3. The Kier molecular flexibility index (Phi) is 5.21. The molecule has 1 amide bonds. The molecule has 7 heteroatoms. The van der Waals surface area contributed by atoms with Crippen LogP contribution in [-0.4, -0.2) is 43.9 Å². The van der Waals surface area contributed by atoms with Gasteiger partial charge in [0.2, 0.25) is 0 Å². The van der Waals surface area contributed by atoms with Gasteiger partial charge >= 0.3 is 5.97 Å². The van der Waals surface area contributed by atoms with Gasteiger partial charge < -0.3 is 24.6 Å². The minimum Gasteiger partial charge on any atom is -0.493 e. The summed E-state index contributed by atoms with van der Waals surface area (Å²) in [5, 5.41) is 11.8. The zero-order valence-electron chi connectivity index (χ0n) is 12.5. The topological polar surface area (TPSA) is 94.1 Å². The fraction of sp³-hybridized carbons (Fsp3) is 0.467. The Bertz CT molecular complexity index is 565. The van der Waals surface area contributed by atoms with Crippen molar-refractivity contribution in [3.8, 4) is 11.5 Å². The second-order valence-electron chi connectivity index (χ2n) is 4.91. The van der Waals surface area contributed by atoms with Gasteiger partial charge in [-0.1, -0.05) is 0 Å². The Morgan fingerprint density at radius 3 is 2.59 bits per heavy atom. The summed E-state index contributed by atoms with van der Waals surface area (Å²) in [5.41, 5.74) is 0.246. The van der Waals surface area contributed by atoms with Crippen LogP contribution in [0.1, 0.15) is 29.6 Å². The minimum absolute atomic E-state index is 0.00230. The van der Waals surface area contributed by atoms with E-state index in [1.165, 1.54) is 26.4 Å². The lowest BCUT2D eigenvalue weighted by Gasteiger charge is -2.22. The summed E-state index contributed by atoms with van der Waals surface area (Å²) in [6.45, 7) is 0.549. The predicted octanol–water partition coefficient (Wildman–Crippen LogP) is 1.91. The highest BCUT2D eigenvalue weighted by Gasteiger charge is 2.24. The second-order valence-corrected chi connectivity index (χ2v) is 4.91. The van der Waals surface area contributed by atoms with Crippen molar-refractivity contribution in [2.75, 3.05) is 26.1 Å². The Balaban J connectivity index is 2.29. The highest BCUT2D eigenvalue weighted by atomic mass is 16.5. The number of rotatable bonds is 5. The first kappa shape index (κ1) is 16.1. The molecule has 0 bridgehead atoms. The minimum atomic E-state index is -1.12. The molecule has 2 N–H and O–H groups in total. The maximum atomic E-state index is 12.2. The molecule has 7 nitrogen and oxygen atoms in total. The first-order chi connectivity index (χ1) is 10.6. The van der Waals surface area contributed by atoms with Gasteiger partial charge in [0, 0.05) is 6.61 Å². The number of carbonyl (C=O) groups is 2. The number of hydrogen-bond acceptors (Lipinski definition) is 5. The first-order valence-corrected chi connectivity index (χ1v) is 6.98. The van der Waals surface area contributed by atoms with Crippen LogP contribution in [0.3, 0.4) is 0 Å². The van der Waals surface area contributed by atoms with Gasteiger partial charge in [0.15, 0.2) is 11.5 Å². The van der Waals surface area contributed by atoms with Crippen LogP contribution in [-0.2, 0) is 9.53 Å². The Labute approximate surface area is 128 Å². The lowest BCUT2D eigenvalue weighted by molar-refractivity contribution is -0.129. The van der Waals surface area contributed by atoms with E-state index in [9.17, 15) is 9.59 Å². The molecule has 0 aliphatic carbocycles. The molecule has 1 atom stereocenters. The van der Waals surface area contributed by atoms with Crippen LogP contribution in [0.25, 0.3) is 0 Å². The normalized spacial score (nSPS) is 17.6. The van der Waals surface area contributed by atoms with Crippen molar-refractivity contribution < 1.29 is 28.9 Å². The molecule has 0 saturated carbocycles. The van der Waals surface area contributed by atoms with Crippen LogP contribution < -0.4 is 14.8 Å². The smallest absolute Gasteiger partial charge is 0.335 e. The van der Waals surface area contributed by atoms with Crippen molar-refractivity contribution in [1.82, 2.24) is 0 Å². The van der Waals surface area contributed by atoms with Crippen LogP contribution >= 0.6 is 0 Å². The molecular weight excluding hydrogens is 290 g/mol. The molecule has 22 heavy (non-hydrogen) atoms. The summed E-state index contributed by atoms with van der Waals surface area (Å²) in [4.78, 5) is 23.4. The van der Waals surface area contributed by atoms with Gasteiger partial charge in [-0.2, -0.15) is 0 Å². The number of amides is 1. The highest BCUT2D eigenvalue weighted by Crippen LogP contribution is 2.37. The predicted molar refractivity (Wildman–Crippen MR) is 78.7 cm³/mol. The summed E-state index contributed by atoms with van der Waals surface area (Å²) in [6, 6.07) is 2.68. The van der Waals surface area contributed by atoms with Gasteiger partial charge in [0.05, 0.1) is 25.5 Å². The lowest BCUT2D eigenvalue weighted by atomic mass is 10.1. The number of anilines is 1. The number of aromatic carboxylic acids is 1. The Morgan fingerprint density at radius 2 is 2.05 bits per heavy atom. The Hall–Kier alpha value is -2.28. The molecule has 1 saturated heterocycles. The molecule has 0 spiro atoms. The maximum absolute atomic E-state index is 12.2. The fourth-order valence-corrected chi connectivity index (χ4v) is 2.34. The molecule has 1 aromatic rings. The SMILES string of the molecule is COc1cc(C(=O)O)cc(NC(=O)C2CCCCO2)c1OC. The molecule has 1 aliphatic heterocycles. The summed E-state index contributed by atoms with van der Waals surface area (Å²) in [6.07, 6.45) is 1.98. The number of nitrogens with one attached hydrogen (secondary N) is 1. The van der Waals surface area contributed by atoms with E-state index in [0.717, 1.165) is 12.8 Å². The lowest BCUT2D eigenvalue weighted by Crippen LogP contribution is -2.33. The molecule has 1 unspecified atom stereocenters. The van der Waals surface area contributed by atoms with Crippen molar-refractivity contribution in [3.63, 3.8) is 0 Å². The summed E-state index contributed by atoms with van der Waals surface area (Å²) >= 11 is 0. The van der Waals surface area contributed by atoms with Gasteiger partial charge in [0.25, 0.3) is 5.91 Å². The van der Waals surface area contributed by atoms with E-state index >= 15 is 0 Å². The van der Waals surface area contributed by atoms with E-state index in [1.54, 1.807) is 0 Å². The number of hydrogen-bond donors (Lipinski definition) is 2. The third kappa shape index (κ3) is 3.48. The molecular formula is C15H19NO6. The second kappa shape index (κ2) is 7.13. The number of methoxy groups -OCH3 is 2. The van der Waals surface area contributed by atoms with E-state index < -0.39 is 12.1 Å². The average Bonchev–Trinajstić information content (AvgIpc) is 2.54. The summed E-state index contributed by atoms with van der Waals surface area (Å²) < 4.78 is 15.8. The monoisotopic (exact) mass is 309 g/mol. The zero-order valence-corrected chi connectivity index (χ0v) is 12.5. The van der Waals surface area contributed by atoms with E-state index in [0.29, 0.717) is 13.0 Å². The van der Waals surface area contributed by atoms with Crippen LogP contribution in [0.5, 0.6) is 11.5 Å². The van der Waals surface area contributed by atoms with Crippen molar-refractivity contribution in [1.29, 1.82) is 0 Å². The molecule has 1 aliphatic rings. The van der Waals surface area contributed by atoms with Crippen LogP contribution in [0.2, 0.25) is 0 Å². The van der Waals surface area contributed by atoms with Gasteiger partial charge in [-0.05, 0) is 31.4 Å². The highest BCUT2D eigenvalue weighted by molar-refractivity contribution is 5.98. The molecule has 1 aromatic carbocycles. The number of carboxylic acid groups (broad SMARTS) is 1. The van der Waals surface area contributed by atoms with Gasteiger partial charge in [-0.15, -0.1) is 0 Å². The standard InChI is InChI=1S/C15H19NO6/c1-20-12-8-9(15(18)19)7-10(13(12)21-2)16-14(17)11-5-3-4-6-22-11/h7-8,11H,3-6H2,1-2H3,(H,16,17)(H,18,19). The quantitative estimate of drug-likeness (QED) is 0.863.